The van der Waals surface area contributed by atoms with Crippen molar-refractivity contribution in [1.29, 1.82) is 0 Å². The van der Waals surface area contributed by atoms with Crippen LogP contribution in [0.2, 0.25) is 6.32 Å². The molecular weight excluding hydrogens is 101 g/mol. The van der Waals surface area contributed by atoms with Crippen LogP contribution in [-0.4, -0.2) is 19.8 Å². The minimum absolute atomic E-state index is 0.0815. The third-order valence-corrected chi connectivity index (χ3v) is 0.635. The molecule has 0 heterocycles. The van der Waals surface area contributed by atoms with Gasteiger partial charge in [-0.05, 0) is 20.2 Å². The van der Waals surface area contributed by atoms with Gasteiger partial charge in [0.25, 0.3) is 0 Å². The molecule has 0 unspecified atom stereocenters. The Bertz CT molecular complexity index is 82.5. The van der Waals surface area contributed by atoms with Crippen LogP contribution in [0.1, 0.15) is 13.8 Å². The largest absolute Gasteiger partial charge is 0.355 e. The van der Waals surface area contributed by atoms with Crippen molar-refractivity contribution in [2.24, 2.45) is 0 Å². The second-order valence-corrected chi connectivity index (χ2v) is 1.93. The maximum atomic E-state index is 10.4. The molecular formula is C5H10BNO. The van der Waals surface area contributed by atoms with Gasteiger partial charge in [-0.25, -0.2) is 0 Å². The van der Waals surface area contributed by atoms with Gasteiger partial charge in [-0.2, -0.15) is 0 Å². The molecule has 1 amide bonds. The van der Waals surface area contributed by atoms with Crippen LogP contribution in [-0.2, 0) is 4.79 Å². The number of hydrogen-bond donors (Lipinski definition) is 1. The van der Waals surface area contributed by atoms with Crippen molar-refractivity contribution in [3.63, 3.8) is 0 Å². The number of carbonyl (C=O) groups excluding carboxylic acids is 1. The van der Waals surface area contributed by atoms with Gasteiger partial charge < -0.3 is 5.32 Å². The number of nitrogens with one attached hydrogen (secondary N) is 1. The number of carbonyl (C=O) groups is 1. The van der Waals surface area contributed by atoms with Crippen molar-refractivity contribution in [3.05, 3.63) is 0 Å². The molecule has 0 atom stereocenters. The zero-order chi connectivity index (χ0) is 6.57. The Balaban J connectivity index is 3.25. The molecule has 8 heavy (non-hydrogen) atoms. The second kappa shape index (κ2) is 3.53. The first-order valence-corrected chi connectivity index (χ1v) is 2.66. The van der Waals surface area contributed by atoms with E-state index in [-0.39, 0.29) is 18.3 Å². The van der Waals surface area contributed by atoms with Crippen molar-refractivity contribution in [2.75, 3.05) is 0 Å². The van der Waals surface area contributed by atoms with Gasteiger partial charge in [0.15, 0.2) is 0 Å². The molecule has 0 saturated carbocycles. The van der Waals surface area contributed by atoms with Crippen LogP contribution in [0.4, 0.5) is 0 Å². The van der Waals surface area contributed by atoms with Crippen LogP contribution in [0.3, 0.4) is 0 Å². The summed E-state index contributed by atoms with van der Waals surface area (Å²) in [6, 6.07) is 0.200. The summed E-state index contributed by atoms with van der Waals surface area (Å²) in [4.78, 5) is 10.4. The Kier molecular flexibility index (Phi) is 3.32. The fourth-order valence-corrected chi connectivity index (χ4v) is 0.381. The molecule has 0 aromatic carbocycles. The number of amides is 1. The molecule has 0 aromatic rings. The minimum Gasteiger partial charge on any atom is -0.355 e. The van der Waals surface area contributed by atoms with E-state index in [0.717, 1.165) is 0 Å². The summed E-state index contributed by atoms with van der Waals surface area (Å²) in [5.41, 5.74) is 0. The zero-order valence-electron chi connectivity index (χ0n) is 5.27. The van der Waals surface area contributed by atoms with Crippen LogP contribution >= 0.6 is 0 Å². The summed E-state index contributed by atoms with van der Waals surface area (Å²) >= 11 is 0. The van der Waals surface area contributed by atoms with E-state index in [9.17, 15) is 4.79 Å². The molecule has 2 radical (unpaired) electrons. The highest BCUT2D eigenvalue weighted by Gasteiger charge is 1.96. The van der Waals surface area contributed by atoms with E-state index in [1.54, 1.807) is 0 Å². The van der Waals surface area contributed by atoms with E-state index in [0.29, 0.717) is 0 Å². The molecule has 44 valence electrons. The van der Waals surface area contributed by atoms with Gasteiger partial charge in [0.2, 0.25) is 5.91 Å². The van der Waals surface area contributed by atoms with E-state index >= 15 is 0 Å². The first kappa shape index (κ1) is 7.53. The predicted octanol–water partition coefficient (Wildman–Crippen LogP) is 0.0978. The van der Waals surface area contributed by atoms with E-state index in [2.05, 4.69) is 5.32 Å². The van der Waals surface area contributed by atoms with Gasteiger partial charge in [0, 0.05) is 6.04 Å². The van der Waals surface area contributed by atoms with E-state index in [4.69, 9.17) is 7.85 Å². The third-order valence-electron chi connectivity index (χ3n) is 0.635. The van der Waals surface area contributed by atoms with E-state index < -0.39 is 0 Å². The lowest BCUT2D eigenvalue weighted by molar-refractivity contribution is -0.119. The summed E-state index contributed by atoms with van der Waals surface area (Å²) in [5, 5.41) is 2.63. The second-order valence-electron chi connectivity index (χ2n) is 1.93. The average Bonchev–Trinajstić information content (AvgIpc) is 1.65. The highest BCUT2D eigenvalue weighted by Crippen LogP contribution is 1.78. The molecule has 0 aromatic heterocycles. The highest BCUT2D eigenvalue weighted by molar-refractivity contribution is 6.19. The summed E-state index contributed by atoms with van der Waals surface area (Å²) in [6.45, 7) is 3.79. The van der Waals surface area contributed by atoms with Gasteiger partial charge in [0.1, 0.15) is 0 Å². The van der Waals surface area contributed by atoms with Gasteiger partial charge in [-0.1, -0.05) is 0 Å². The molecule has 0 aliphatic heterocycles. The molecule has 0 aliphatic carbocycles. The molecule has 3 heteroatoms. The van der Waals surface area contributed by atoms with Crippen LogP contribution in [0.25, 0.3) is 0 Å². The molecule has 0 spiro atoms. The Labute approximate surface area is 51.1 Å². The fraction of sp³-hybridized carbons (Fsp3) is 0.800. The van der Waals surface area contributed by atoms with Crippen LogP contribution in [0, 0.1) is 0 Å². The zero-order valence-corrected chi connectivity index (χ0v) is 5.27. The summed E-state index contributed by atoms with van der Waals surface area (Å²) < 4.78 is 0. The Morgan fingerprint density at radius 1 is 1.75 bits per heavy atom. The fourth-order valence-electron chi connectivity index (χ4n) is 0.381. The van der Waals surface area contributed by atoms with Gasteiger partial charge in [-0.3, -0.25) is 4.79 Å². The SMILES string of the molecule is [B]CC(=O)NC(C)C. The van der Waals surface area contributed by atoms with Gasteiger partial charge >= 0.3 is 0 Å². The van der Waals surface area contributed by atoms with Crippen LogP contribution in [0.15, 0.2) is 0 Å². The molecule has 0 fully saturated rings. The first-order valence-electron chi connectivity index (χ1n) is 2.66. The molecule has 0 aliphatic rings. The van der Waals surface area contributed by atoms with Crippen molar-refractivity contribution in [3.8, 4) is 0 Å². The lowest BCUT2D eigenvalue weighted by Gasteiger charge is -2.04. The predicted molar refractivity (Wildman–Crippen MR) is 33.8 cm³/mol. The standard InChI is InChI=1S/C5H10BNO/c1-4(2)7-5(8)3-6/h4H,3H2,1-2H3,(H,7,8). The normalized spacial score (nSPS) is 9.38. The van der Waals surface area contributed by atoms with Gasteiger partial charge in [-0.15, -0.1) is 0 Å². The Morgan fingerprint density at radius 2 is 2.25 bits per heavy atom. The van der Waals surface area contributed by atoms with E-state index in [1.165, 1.54) is 0 Å². The average molecular weight is 111 g/mol. The number of rotatable bonds is 2. The maximum Gasteiger partial charge on any atom is 0.211 e. The Morgan fingerprint density at radius 3 is 2.38 bits per heavy atom. The summed E-state index contributed by atoms with van der Waals surface area (Å²) in [5.74, 6) is -0.0972. The highest BCUT2D eigenvalue weighted by atomic mass is 16.1. The minimum atomic E-state index is -0.0972. The lowest BCUT2D eigenvalue weighted by Crippen LogP contribution is -2.29. The molecule has 1 N–H and O–H groups in total. The Hall–Kier alpha value is -0.465. The van der Waals surface area contributed by atoms with Crippen molar-refractivity contribution >= 4 is 13.8 Å². The molecule has 0 rings (SSSR count). The first-order chi connectivity index (χ1) is 3.66. The topological polar surface area (TPSA) is 29.1 Å². The van der Waals surface area contributed by atoms with E-state index in [1.807, 2.05) is 13.8 Å². The smallest absolute Gasteiger partial charge is 0.211 e. The van der Waals surface area contributed by atoms with Crippen molar-refractivity contribution in [2.45, 2.75) is 26.2 Å². The number of hydrogen-bond acceptors (Lipinski definition) is 1. The van der Waals surface area contributed by atoms with Crippen LogP contribution in [0.5, 0.6) is 0 Å². The summed E-state index contributed by atoms with van der Waals surface area (Å²) in [7, 11) is 5.01. The van der Waals surface area contributed by atoms with Crippen molar-refractivity contribution < 1.29 is 4.79 Å². The molecule has 2 nitrogen and oxygen atoms in total. The molecule has 0 saturated heterocycles. The maximum absolute atomic E-state index is 10.4. The van der Waals surface area contributed by atoms with Crippen molar-refractivity contribution in [1.82, 2.24) is 5.32 Å². The quantitative estimate of drug-likeness (QED) is 0.503. The van der Waals surface area contributed by atoms with Gasteiger partial charge in [0.05, 0.1) is 7.85 Å². The van der Waals surface area contributed by atoms with Crippen LogP contribution < -0.4 is 5.32 Å². The summed E-state index contributed by atoms with van der Waals surface area (Å²) in [6.07, 6.45) is 0.0815. The monoisotopic (exact) mass is 111 g/mol. The molecule has 0 bridgehead atoms. The third kappa shape index (κ3) is 3.72. The lowest BCUT2D eigenvalue weighted by atomic mass is 10.0.